The summed E-state index contributed by atoms with van der Waals surface area (Å²) in [5.74, 6) is 0.625. The van der Waals surface area contributed by atoms with Crippen LogP contribution in [-0.4, -0.2) is 15.8 Å². The average molecular weight is 314 g/mol. The lowest BCUT2D eigenvalue weighted by molar-refractivity contribution is 0.218. The molecular weight excluding hydrogens is 290 g/mol. The molecule has 2 rings (SSSR count). The normalized spacial score (nSPS) is 24.4. The number of rotatable bonds is 3. The van der Waals surface area contributed by atoms with Crippen LogP contribution in [0, 0.1) is 18.3 Å². The third-order valence-electron chi connectivity index (χ3n) is 4.55. The fourth-order valence-corrected chi connectivity index (χ4v) is 3.91. The van der Waals surface area contributed by atoms with E-state index in [9.17, 15) is 0 Å². The largest absolute Gasteiger partial charge is 0.327 e. The minimum atomic E-state index is 0.230. The lowest BCUT2D eigenvalue weighted by Gasteiger charge is -2.32. The Morgan fingerprint density at radius 2 is 2.22 bits per heavy atom. The van der Waals surface area contributed by atoms with Gasteiger partial charge in [0.15, 0.2) is 0 Å². The van der Waals surface area contributed by atoms with Gasteiger partial charge in [-0.05, 0) is 47.0 Å². The Labute approximate surface area is 118 Å². The van der Waals surface area contributed by atoms with Gasteiger partial charge >= 0.3 is 0 Å². The van der Waals surface area contributed by atoms with Crippen molar-refractivity contribution in [3.8, 4) is 0 Å². The Bertz CT molecular complexity index is 436. The second kappa shape index (κ2) is 4.97. The van der Waals surface area contributed by atoms with Gasteiger partial charge in [0, 0.05) is 19.5 Å². The maximum atomic E-state index is 6.47. The van der Waals surface area contributed by atoms with Crippen LogP contribution in [0.15, 0.2) is 4.47 Å². The van der Waals surface area contributed by atoms with Crippen molar-refractivity contribution in [2.45, 2.75) is 52.5 Å². The van der Waals surface area contributed by atoms with Crippen molar-refractivity contribution in [2.75, 3.05) is 0 Å². The topological polar surface area (TPSA) is 43.8 Å². The number of nitrogens with zero attached hydrogens (tertiary/aromatic N) is 2. The zero-order chi connectivity index (χ0) is 13.5. The third-order valence-corrected chi connectivity index (χ3v) is 5.58. The van der Waals surface area contributed by atoms with Gasteiger partial charge in [0.25, 0.3) is 0 Å². The molecule has 2 N–H and O–H groups in total. The summed E-state index contributed by atoms with van der Waals surface area (Å²) in [4.78, 5) is 0. The highest BCUT2D eigenvalue weighted by molar-refractivity contribution is 9.10. The smallest absolute Gasteiger partial charge is 0.0738 e. The zero-order valence-corrected chi connectivity index (χ0v) is 13.4. The van der Waals surface area contributed by atoms with E-state index in [0.29, 0.717) is 11.3 Å². The number of hydrogen-bond acceptors (Lipinski definition) is 2. The van der Waals surface area contributed by atoms with E-state index in [-0.39, 0.29) is 6.04 Å². The maximum absolute atomic E-state index is 6.47. The number of halogens is 1. The molecule has 0 amide bonds. The van der Waals surface area contributed by atoms with E-state index in [0.717, 1.165) is 16.6 Å². The Morgan fingerprint density at radius 1 is 1.56 bits per heavy atom. The summed E-state index contributed by atoms with van der Waals surface area (Å²) >= 11 is 3.63. The first-order chi connectivity index (χ1) is 8.33. The molecule has 1 fully saturated rings. The van der Waals surface area contributed by atoms with Crippen molar-refractivity contribution in [1.82, 2.24) is 9.78 Å². The summed E-state index contributed by atoms with van der Waals surface area (Å²) < 4.78 is 3.08. The number of hydrogen-bond donors (Lipinski definition) is 1. The molecule has 0 spiro atoms. The summed E-state index contributed by atoms with van der Waals surface area (Å²) in [7, 11) is 2.00. The SMILES string of the molecule is Cc1nn(C)c(CC(N)C2CCCC2(C)C)c1Br. The minimum Gasteiger partial charge on any atom is -0.327 e. The fourth-order valence-electron chi connectivity index (χ4n) is 3.41. The molecule has 1 saturated carbocycles. The van der Waals surface area contributed by atoms with E-state index >= 15 is 0 Å². The van der Waals surface area contributed by atoms with Crippen molar-refractivity contribution in [3.63, 3.8) is 0 Å². The van der Waals surface area contributed by atoms with Crippen LogP contribution in [-0.2, 0) is 13.5 Å². The van der Waals surface area contributed by atoms with Crippen LogP contribution in [0.1, 0.15) is 44.5 Å². The lowest BCUT2D eigenvalue weighted by Crippen LogP contribution is -2.38. The molecule has 3 nitrogen and oxygen atoms in total. The van der Waals surface area contributed by atoms with Gasteiger partial charge in [-0.3, -0.25) is 4.68 Å². The Balaban J connectivity index is 2.14. The molecule has 0 aromatic carbocycles. The van der Waals surface area contributed by atoms with Gasteiger partial charge in [-0.2, -0.15) is 5.10 Å². The summed E-state index contributed by atoms with van der Waals surface area (Å²) in [6, 6.07) is 0.230. The van der Waals surface area contributed by atoms with Crippen LogP contribution in [0.4, 0.5) is 0 Å². The zero-order valence-electron chi connectivity index (χ0n) is 11.8. The molecule has 1 aliphatic carbocycles. The summed E-state index contributed by atoms with van der Waals surface area (Å²) in [5, 5.41) is 4.44. The number of aryl methyl sites for hydroxylation is 2. The van der Waals surface area contributed by atoms with Gasteiger partial charge in [0.05, 0.1) is 15.9 Å². The highest BCUT2D eigenvalue weighted by Gasteiger charge is 2.38. The maximum Gasteiger partial charge on any atom is 0.0738 e. The van der Waals surface area contributed by atoms with Crippen LogP contribution in [0.3, 0.4) is 0 Å². The molecule has 18 heavy (non-hydrogen) atoms. The van der Waals surface area contributed by atoms with E-state index in [1.807, 2.05) is 18.7 Å². The van der Waals surface area contributed by atoms with E-state index in [4.69, 9.17) is 5.73 Å². The predicted molar refractivity (Wildman–Crippen MR) is 78.4 cm³/mol. The molecule has 0 aliphatic heterocycles. The Hall–Kier alpha value is -0.350. The molecule has 2 atom stereocenters. The molecule has 1 heterocycles. The summed E-state index contributed by atoms with van der Waals surface area (Å²) in [5.41, 5.74) is 9.13. The molecule has 1 aliphatic rings. The van der Waals surface area contributed by atoms with Gasteiger partial charge in [0.2, 0.25) is 0 Å². The van der Waals surface area contributed by atoms with Crippen LogP contribution >= 0.6 is 15.9 Å². The van der Waals surface area contributed by atoms with E-state index in [2.05, 4.69) is 34.9 Å². The van der Waals surface area contributed by atoms with Crippen molar-refractivity contribution >= 4 is 15.9 Å². The monoisotopic (exact) mass is 313 g/mol. The van der Waals surface area contributed by atoms with Crippen LogP contribution in [0.2, 0.25) is 0 Å². The van der Waals surface area contributed by atoms with E-state index in [1.54, 1.807) is 0 Å². The average Bonchev–Trinajstić information content (AvgIpc) is 2.73. The second-order valence-corrected chi connectivity index (χ2v) is 7.12. The molecule has 1 aromatic rings. The van der Waals surface area contributed by atoms with E-state index < -0.39 is 0 Å². The second-order valence-electron chi connectivity index (χ2n) is 6.32. The molecule has 4 heteroatoms. The van der Waals surface area contributed by atoms with Crippen molar-refractivity contribution in [3.05, 3.63) is 15.9 Å². The first-order valence-corrected chi connectivity index (χ1v) is 7.56. The Kier molecular flexibility index (Phi) is 3.88. The minimum absolute atomic E-state index is 0.230. The van der Waals surface area contributed by atoms with Crippen LogP contribution < -0.4 is 5.73 Å². The van der Waals surface area contributed by atoms with Crippen molar-refractivity contribution < 1.29 is 0 Å². The van der Waals surface area contributed by atoms with Crippen LogP contribution in [0.5, 0.6) is 0 Å². The molecule has 0 bridgehead atoms. The molecule has 0 radical (unpaired) electrons. The highest BCUT2D eigenvalue weighted by Crippen LogP contribution is 2.44. The fraction of sp³-hybridized carbons (Fsp3) is 0.786. The molecular formula is C14H24BrN3. The third kappa shape index (κ3) is 2.50. The lowest BCUT2D eigenvalue weighted by atomic mass is 9.76. The quantitative estimate of drug-likeness (QED) is 0.931. The Morgan fingerprint density at radius 3 is 2.67 bits per heavy atom. The molecule has 1 aromatic heterocycles. The van der Waals surface area contributed by atoms with Crippen molar-refractivity contribution in [1.29, 1.82) is 0 Å². The summed E-state index contributed by atoms with van der Waals surface area (Å²) in [6.45, 7) is 6.74. The standard InChI is InChI=1S/C14H24BrN3/c1-9-13(15)12(18(4)17-9)8-11(16)10-6-5-7-14(10,2)3/h10-11H,5-8,16H2,1-4H3. The van der Waals surface area contributed by atoms with Gasteiger partial charge in [-0.25, -0.2) is 0 Å². The molecule has 2 unspecified atom stereocenters. The first-order valence-electron chi connectivity index (χ1n) is 6.76. The van der Waals surface area contributed by atoms with Crippen molar-refractivity contribution in [2.24, 2.45) is 24.1 Å². The van der Waals surface area contributed by atoms with Gasteiger partial charge < -0.3 is 5.73 Å². The number of aromatic nitrogens is 2. The van der Waals surface area contributed by atoms with Gasteiger partial charge in [0.1, 0.15) is 0 Å². The first kappa shape index (κ1) is 14.1. The molecule has 0 saturated heterocycles. The van der Waals surface area contributed by atoms with Gasteiger partial charge in [-0.15, -0.1) is 0 Å². The van der Waals surface area contributed by atoms with Gasteiger partial charge in [-0.1, -0.05) is 20.3 Å². The van der Waals surface area contributed by atoms with E-state index in [1.165, 1.54) is 25.0 Å². The van der Waals surface area contributed by atoms with Crippen LogP contribution in [0.25, 0.3) is 0 Å². The summed E-state index contributed by atoms with van der Waals surface area (Å²) in [6.07, 6.45) is 4.79. The molecule has 102 valence electrons. The predicted octanol–water partition coefficient (Wildman–Crippen LogP) is 3.19. The number of nitrogens with two attached hydrogens (primary N) is 1. The highest BCUT2D eigenvalue weighted by atomic mass is 79.9.